The van der Waals surface area contributed by atoms with Crippen molar-refractivity contribution in [3.05, 3.63) is 53.0 Å². The van der Waals surface area contributed by atoms with Gasteiger partial charge in [0.2, 0.25) is 5.91 Å². The Kier molecular flexibility index (Phi) is 4.97. The van der Waals surface area contributed by atoms with Gasteiger partial charge in [-0.1, -0.05) is 12.6 Å². The van der Waals surface area contributed by atoms with Crippen molar-refractivity contribution in [2.45, 2.75) is 6.54 Å². The molecule has 1 amide bonds. The zero-order valence-electron chi connectivity index (χ0n) is 14.8. The highest BCUT2D eigenvalue weighted by molar-refractivity contribution is 5.87. The van der Waals surface area contributed by atoms with Crippen LogP contribution in [-0.4, -0.2) is 30.7 Å². The first-order chi connectivity index (χ1) is 12.5. The van der Waals surface area contributed by atoms with E-state index in [0.717, 1.165) is 16.7 Å². The van der Waals surface area contributed by atoms with Gasteiger partial charge in [-0.2, -0.15) is 0 Å². The Morgan fingerprint density at radius 3 is 2.85 bits per heavy atom. The van der Waals surface area contributed by atoms with Gasteiger partial charge in [-0.15, -0.1) is 0 Å². The molecule has 7 heteroatoms. The van der Waals surface area contributed by atoms with Crippen LogP contribution in [0.4, 0.5) is 5.69 Å². The van der Waals surface area contributed by atoms with Crippen LogP contribution in [0.5, 0.6) is 11.5 Å². The number of benzene rings is 1. The standard InChI is InChI=1S/C19H21N3O4/c1-4-16(23)21-10-12-5-6-15-18(26-8-7-25-15)17(12)13-9-14(20-2)19(24)22(3)11-13/h4-6,9,11,20H,1,7-8,10H2,2-3H3,(H,21,23). The van der Waals surface area contributed by atoms with Crippen LogP contribution in [0.1, 0.15) is 5.56 Å². The molecule has 2 N–H and O–H groups in total. The molecule has 1 aliphatic heterocycles. The van der Waals surface area contributed by atoms with Crippen molar-refractivity contribution in [1.82, 2.24) is 9.88 Å². The Morgan fingerprint density at radius 2 is 2.12 bits per heavy atom. The second-order valence-electron chi connectivity index (χ2n) is 5.85. The Bertz CT molecular complexity index is 918. The third-order valence-electron chi connectivity index (χ3n) is 4.17. The Hall–Kier alpha value is -3.22. The molecule has 0 fully saturated rings. The summed E-state index contributed by atoms with van der Waals surface area (Å²) in [6, 6.07) is 5.49. The SMILES string of the molecule is C=CC(=O)NCc1ccc2c(c1-c1cc(NC)c(=O)n(C)c1)OCCO2. The maximum atomic E-state index is 12.2. The van der Waals surface area contributed by atoms with Crippen molar-refractivity contribution in [3.8, 4) is 22.6 Å². The van der Waals surface area contributed by atoms with E-state index in [1.54, 1.807) is 26.4 Å². The summed E-state index contributed by atoms with van der Waals surface area (Å²) < 4.78 is 13.1. The number of hydrogen-bond acceptors (Lipinski definition) is 5. The lowest BCUT2D eigenvalue weighted by atomic mass is 9.98. The summed E-state index contributed by atoms with van der Waals surface area (Å²) in [6.07, 6.45) is 2.97. The molecule has 3 rings (SSSR count). The number of nitrogens with zero attached hydrogens (tertiary/aromatic N) is 1. The molecule has 1 aliphatic rings. The first-order valence-electron chi connectivity index (χ1n) is 8.25. The topological polar surface area (TPSA) is 81.6 Å². The van der Waals surface area contributed by atoms with Crippen molar-refractivity contribution < 1.29 is 14.3 Å². The van der Waals surface area contributed by atoms with E-state index in [-0.39, 0.29) is 11.5 Å². The number of fused-ring (bicyclic) bond motifs is 1. The van der Waals surface area contributed by atoms with Crippen molar-refractivity contribution >= 4 is 11.6 Å². The number of rotatable bonds is 5. The summed E-state index contributed by atoms with van der Waals surface area (Å²) >= 11 is 0. The third kappa shape index (κ3) is 3.28. The quantitative estimate of drug-likeness (QED) is 0.798. The van der Waals surface area contributed by atoms with Crippen molar-refractivity contribution in [2.24, 2.45) is 7.05 Å². The summed E-state index contributed by atoms with van der Waals surface area (Å²) in [7, 11) is 3.39. The fraction of sp³-hybridized carbons (Fsp3) is 0.263. The highest BCUT2D eigenvalue weighted by Crippen LogP contribution is 2.42. The number of aromatic nitrogens is 1. The molecule has 2 aromatic rings. The largest absolute Gasteiger partial charge is 0.486 e. The summed E-state index contributed by atoms with van der Waals surface area (Å²) in [6.45, 7) is 4.68. The normalized spacial score (nSPS) is 12.4. The van der Waals surface area contributed by atoms with E-state index >= 15 is 0 Å². The fourth-order valence-corrected chi connectivity index (χ4v) is 2.90. The lowest BCUT2D eigenvalue weighted by Gasteiger charge is -2.24. The van der Waals surface area contributed by atoms with Gasteiger partial charge >= 0.3 is 0 Å². The predicted molar refractivity (Wildman–Crippen MR) is 99.7 cm³/mol. The molecule has 0 bridgehead atoms. The summed E-state index contributed by atoms with van der Waals surface area (Å²) in [4.78, 5) is 23.8. The van der Waals surface area contributed by atoms with E-state index in [1.807, 2.05) is 12.1 Å². The summed E-state index contributed by atoms with van der Waals surface area (Å²) in [5.74, 6) is 0.995. The molecule has 1 aromatic heterocycles. The molecule has 136 valence electrons. The van der Waals surface area contributed by atoms with Gasteiger partial charge in [0.05, 0.1) is 0 Å². The number of carbonyl (C=O) groups excluding carboxylic acids is 1. The van der Waals surface area contributed by atoms with Crippen LogP contribution in [0.15, 0.2) is 41.8 Å². The zero-order chi connectivity index (χ0) is 18.7. The number of hydrogen-bond donors (Lipinski definition) is 2. The van der Waals surface area contributed by atoms with Gasteiger partial charge in [0, 0.05) is 38.0 Å². The molecule has 2 heterocycles. The number of ether oxygens (including phenoxy) is 2. The molecule has 0 saturated heterocycles. The molecule has 0 saturated carbocycles. The van der Waals surface area contributed by atoms with Crippen molar-refractivity contribution in [3.63, 3.8) is 0 Å². The monoisotopic (exact) mass is 355 g/mol. The van der Waals surface area contributed by atoms with Gasteiger partial charge in [0.1, 0.15) is 18.9 Å². The maximum Gasteiger partial charge on any atom is 0.273 e. The Morgan fingerprint density at radius 1 is 1.35 bits per heavy atom. The predicted octanol–water partition coefficient (Wildman–Crippen LogP) is 1.67. The van der Waals surface area contributed by atoms with Gasteiger partial charge in [0.15, 0.2) is 11.5 Å². The minimum atomic E-state index is -0.262. The van der Waals surface area contributed by atoms with E-state index in [9.17, 15) is 9.59 Å². The minimum absolute atomic E-state index is 0.125. The van der Waals surface area contributed by atoms with Gasteiger partial charge in [-0.05, 0) is 23.8 Å². The van der Waals surface area contributed by atoms with Gasteiger partial charge in [-0.25, -0.2) is 0 Å². The van der Waals surface area contributed by atoms with Crippen LogP contribution in [0, 0.1) is 0 Å². The average Bonchev–Trinajstić information content (AvgIpc) is 2.67. The van der Waals surface area contributed by atoms with Gasteiger partial charge in [0.25, 0.3) is 5.56 Å². The van der Waals surface area contributed by atoms with Crippen LogP contribution in [-0.2, 0) is 18.4 Å². The molecular formula is C19H21N3O4. The number of amides is 1. The average molecular weight is 355 g/mol. The van der Waals surface area contributed by atoms with Crippen LogP contribution in [0.2, 0.25) is 0 Å². The minimum Gasteiger partial charge on any atom is -0.486 e. The first kappa shape index (κ1) is 17.6. The second-order valence-corrected chi connectivity index (χ2v) is 5.85. The van der Waals surface area contributed by atoms with Crippen LogP contribution < -0.4 is 25.7 Å². The van der Waals surface area contributed by atoms with E-state index in [4.69, 9.17) is 9.47 Å². The van der Waals surface area contributed by atoms with Gasteiger partial charge < -0.3 is 24.7 Å². The molecule has 0 atom stereocenters. The summed E-state index contributed by atoms with van der Waals surface area (Å²) in [5.41, 5.74) is 2.78. The van der Waals surface area contributed by atoms with E-state index in [2.05, 4.69) is 17.2 Å². The first-order valence-corrected chi connectivity index (χ1v) is 8.25. The number of carbonyl (C=O) groups is 1. The molecule has 26 heavy (non-hydrogen) atoms. The van der Waals surface area contributed by atoms with Crippen LogP contribution >= 0.6 is 0 Å². The highest BCUT2D eigenvalue weighted by Gasteiger charge is 2.22. The number of pyridine rings is 1. The van der Waals surface area contributed by atoms with E-state index in [0.29, 0.717) is 36.9 Å². The van der Waals surface area contributed by atoms with Gasteiger partial charge in [-0.3, -0.25) is 9.59 Å². The molecule has 0 unspecified atom stereocenters. The molecule has 0 aliphatic carbocycles. The summed E-state index contributed by atoms with van der Waals surface area (Å²) in [5, 5.41) is 5.70. The Labute approximate surface area is 151 Å². The smallest absolute Gasteiger partial charge is 0.273 e. The molecule has 7 nitrogen and oxygen atoms in total. The van der Waals surface area contributed by atoms with Crippen LogP contribution in [0.3, 0.4) is 0 Å². The number of nitrogens with one attached hydrogen (secondary N) is 2. The molecule has 0 spiro atoms. The highest BCUT2D eigenvalue weighted by atomic mass is 16.6. The third-order valence-corrected chi connectivity index (χ3v) is 4.17. The van der Waals surface area contributed by atoms with Crippen LogP contribution in [0.25, 0.3) is 11.1 Å². The zero-order valence-corrected chi connectivity index (χ0v) is 14.8. The molecule has 1 aromatic carbocycles. The number of anilines is 1. The van der Waals surface area contributed by atoms with E-state index < -0.39 is 0 Å². The van der Waals surface area contributed by atoms with Crippen molar-refractivity contribution in [1.29, 1.82) is 0 Å². The van der Waals surface area contributed by atoms with E-state index in [1.165, 1.54) is 10.6 Å². The second kappa shape index (κ2) is 7.35. The fourth-order valence-electron chi connectivity index (χ4n) is 2.90. The lowest BCUT2D eigenvalue weighted by molar-refractivity contribution is -0.116. The number of aryl methyl sites for hydroxylation is 1. The molecule has 0 radical (unpaired) electrons. The maximum absolute atomic E-state index is 12.2. The Balaban J connectivity index is 2.17. The lowest BCUT2D eigenvalue weighted by Crippen LogP contribution is -2.22. The molecular weight excluding hydrogens is 334 g/mol. The van der Waals surface area contributed by atoms with Crippen molar-refractivity contribution in [2.75, 3.05) is 25.6 Å².